The van der Waals surface area contributed by atoms with Crippen molar-refractivity contribution in [1.29, 1.82) is 0 Å². The number of sulfonamides is 1. The van der Waals surface area contributed by atoms with E-state index in [2.05, 4.69) is 20.0 Å². The molecule has 0 aliphatic rings. The van der Waals surface area contributed by atoms with Crippen LogP contribution in [0.25, 0.3) is 11.0 Å². The van der Waals surface area contributed by atoms with Crippen molar-refractivity contribution in [2.75, 3.05) is 18.4 Å². The molecular formula is C16H17N5O3S. The molecule has 0 radical (unpaired) electrons. The zero-order valence-corrected chi connectivity index (χ0v) is 14.0. The Morgan fingerprint density at radius 2 is 2.08 bits per heavy atom. The average Bonchev–Trinajstić information content (AvgIpc) is 3.08. The van der Waals surface area contributed by atoms with Crippen molar-refractivity contribution in [2.45, 2.75) is 4.90 Å². The van der Waals surface area contributed by atoms with Gasteiger partial charge in [0.2, 0.25) is 10.0 Å². The quantitative estimate of drug-likeness (QED) is 0.523. The summed E-state index contributed by atoms with van der Waals surface area (Å²) in [5.41, 5.74) is 6.75. The average molecular weight is 359 g/mol. The fourth-order valence-electron chi connectivity index (χ4n) is 2.28. The maximum absolute atomic E-state index is 12.4. The summed E-state index contributed by atoms with van der Waals surface area (Å²) in [5.74, 6) is -0.375. The molecule has 0 spiro atoms. The molecule has 0 bridgehead atoms. The van der Waals surface area contributed by atoms with Crippen LogP contribution in [0.3, 0.4) is 0 Å². The minimum atomic E-state index is -3.66. The zero-order valence-electron chi connectivity index (χ0n) is 13.2. The van der Waals surface area contributed by atoms with Gasteiger partial charge in [-0.1, -0.05) is 6.07 Å². The van der Waals surface area contributed by atoms with Crippen LogP contribution in [0.2, 0.25) is 0 Å². The number of nitrogens with zero attached hydrogens (tertiary/aromatic N) is 1. The van der Waals surface area contributed by atoms with Crippen molar-refractivity contribution in [1.82, 2.24) is 14.7 Å². The van der Waals surface area contributed by atoms with Crippen LogP contribution in [0.1, 0.15) is 10.4 Å². The molecule has 0 aliphatic heterocycles. The Labute approximate surface area is 144 Å². The van der Waals surface area contributed by atoms with Gasteiger partial charge >= 0.3 is 0 Å². The molecule has 9 heteroatoms. The number of H-pyrrole nitrogens is 1. The van der Waals surface area contributed by atoms with E-state index in [0.717, 1.165) is 5.39 Å². The summed E-state index contributed by atoms with van der Waals surface area (Å²) in [7, 11) is -3.66. The van der Waals surface area contributed by atoms with Gasteiger partial charge in [0, 0.05) is 36.6 Å². The van der Waals surface area contributed by atoms with Crippen molar-refractivity contribution < 1.29 is 13.2 Å². The summed E-state index contributed by atoms with van der Waals surface area (Å²) in [4.78, 5) is 19.5. The van der Waals surface area contributed by atoms with Crippen LogP contribution in [0, 0.1) is 0 Å². The lowest BCUT2D eigenvalue weighted by molar-refractivity contribution is 0.102. The Kier molecular flexibility index (Phi) is 4.79. The second-order valence-corrected chi connectivity index (χ2v) is 7.07. The molecule has 2 heterocycles. The number of amides is 1. The second-order valence-electron chi connectivity index (χ2n) is 5.31. The molecule has 2 aromatic heterocycles. The number of rotatable bonds is 6. The number of aromatic nitrogens is 2. The number of anilines is 1. The van der Waals surface area contributed by atoms with Gasteiger partial charge in [0.25, 0.3) is 5.91 Å². The van der Waals surface area contributed by atoms with E-state index in [4.69, 9.17) is 5.73 Å². The SMILES string of the molecule is NCCNS(=O)(=O)c1cccc(NC(=O)c2cnc3[nH]ccc3c2)c1. The van der Waals surface area contributed by atoms with E-state index in [1.807, 2.05) is 6.07 Å². The third-order valence-corrected chi connectivity index (χ3v) is 4.96. The van der Waals surface area contributed by atoms with E-state index in [1.165, 1.54) is 18.3 Å². The Morgan fingerprint density at radius 3 is 2.88 bits per heavy atom. The monoisotopic (exact) mass is 359 g/mol. The van der Waals surface area contributed by atoms with Gasteiger partial charge in [-0.15, -0.1) is 0 Å². The number of benzene rings is 1. The molecule has 25 heavy (non-hydrogen) atoms. The number of carbonyl (C=O) groups excluding carboxylic acids is 1. The number of nitrogens with one attached hydrogen (secondary N) is 3. The molecule has 0 aliphatic carbocycles. The fourth-order valence-corrected chi connectivity index (χ4v) is 3.38. The number of nitrogens with two attached hydrogens (primary N) is 1. The first-order valence-electron chi connectivity index (χ1n) is 7.54. The van der Waals surface area contributed by atoms with Gasteiger partial charge in [0.05, 0.1) is 10.5 Å². The standard InChI is InChI=1S/C16H17N5O3S/c17-5-7-20-25(23,24)14-3-1-2-13(9-14)21-16(22)12-8-11-4-6-18-15(11)19-10-12/h1-4,6,8-10,20H,5,7,17H2,(H,18,19)(H,21,22). The van der Waals surface area contributed by atoms with Gasteiger partial charge in [0.1, 0.15) is 5.65 Å². The molecule has 1 amide bonds. The summed E-state index contributed by atoms with van der Waals surface area (Å²) >= 11 is 0. The summed E-state index contributed by atoms with van der Waals surface area (Å²) in [6.45, 7) is 0.339. The first kappa shape index (κ1) is 17.1. The predicted octanol–water partition coefficient (Wildman–Crippen LogP) is 1.05. The summed E-state index contributed by atoms with van der Waals surface area (Å²) in [5, 5.41) is 3.49. The molecule has 0 saturated heterocycles. The highest BCUT2D eigenvalue weighted by atomic mass is 32.2. The Hall–Kier alpha value is -2.75. The molecule has 0 unspecified atom stereocenters. The van der Waals surface area contributed by atoms with Gasteiger partial charge in [-0.25, -0.2) is 18.1 Å². The maximum Gasteiger partial charge on any atom is 0.257 e. The van der Waals surface area contributed by atoms with Gasteiger partial charge < -0.3 is 16.0 Å². The van der Waals surface area contributed by atoms with Gasteiger partial charge in [-0.05, 0) is 30.3 Å². The van der Waals surface area contributed by atoms with Gasteiger partial charge in [-0.3, -0.25) is 4.79 Å². The van der Waals surface area contributed by atoms with Gasteiger partial charge in [-0.2, -0.15) is 0 Å². The predicted molar refractivity (Wildman–Crippen MR) is 94.7 cm³/mol. The molecular weight excluding hydrogens is 342 g/mol. The lowest BCUT2D eigenvalue weighted by atomic mass is 10.2. The van der Waals surface area contributed by atoms with Crippen molar-refractivity contribution in [3.63, 3.8) is 0 Å². The van der Waals surface area contributed by atoms with Crippen molar-refractivity contribution in [3.8, 4) is 0 Å². The highest BCUT2D eigenvalue weighted by Gasteiger charge is 2.15. The number of carbonyl (C=O) groups is 1. The lowest BCUT2D eigenvalue weighted by Crippen LogP contribution is -2.29. The Morgan fingerprint density at radius 1 is 1.24 bits per heavy atom. The Bertz CT molecular complexity index is 1010. The van der Waals surface area contributed by atoms with E-state index in [0.29, 0.717) is 16.9 Å². The van der Waals surface area contributed by atoms with Crippen LogP contribution in [-0.4, -0.2) is 37.4 Å². The maximum atomic E-state index is 12.4. The van der Waals surface area contributed by atoms with Crippen molar-refractivity contribution in [3.05, 3.63) is 54.4 Å². The second kappa shape index (κ2) is 7.01. The van der Waals surface area contributed by atoms with Crippen molar-refractivity contribution >= 4 is 32.7 Å². The van der Waals surface area contributed by atoms with E-state index in [1.54, 1.807) is 24.4 Å². The minimum absolute atomic E-state index is 0.0537. The topological polar surface area (TPSA) is 130 Å². The van der Waals surface area contributed by atoms with Crippen LogP contribution in [-0.2, 0) is 10.0 Å². The molecule has 0 saturated carbocycles. The summed E-state index contributed by atoms with van der Waals surface area (Å²) < 4.78 is 26.6. The smallest absolute Gasteiger partial charge is 0.257 e. The number of hydrogen-bond donors (Lipinski definition) is 4. The first-order chi connectivity index (χ1) is 12.0. The highest BCUT2D eigenvalue weighted by Crippen LogP contribution is 2.17. The largest absolute Gasteiger partial charge is 0.346 e. The number of aromatic amines is 1. The molecule has 130 valence electrons. The molecule has 1 aromatic carbocycles. The zero-order chi connectivity index (χ0) is 17.9. The molecule has 8 nitrogen and oxygen atoms in total. The van der Waals surface area contributed by atoms with Crippen LogP contribution in [0.4, 0.5) is 5.69 Å². The third-order valence-electron chi connectivity index (χ3n) is 3.50. The van der Waals surface area contributed by atoms with E-state index in [-0.39, 0.29) is 23.9 Å². The number of fused-ring (bicyclic) bond motifs is 1. The van der Waals surface area contributed by atoms with E-state index < -0.39 is 10.0 Å². The minimum Gasteiger partial charge on any atom is -0.346 e. The third kappa shape index (κ3) is 3.85. The van der Waals surface area contributed by atoms with E-state index in [9.17, 15) is 13.2 Å². The molecule has 0 atom stereocenters. The van der Waals surface area contributed by atoms with Crippen molar-refractivity contribution in [2.24, 2.45) is 5.73 Å². The highest BCUT2D eigenvalue weighted by molar-refractivity contribution is 7.89. The number of hydrogen-bond acceptors (Lipinski definition) is 5. The van der Waals surface area contributed by atoms with E-state index >= 15 is 0 Å². The lowest BCUT2D eigenvalue weighted by Gasteiger charge is -2.09. The molecule has 0 fully saturated rings. The van der Waals surface area contributed by atoms with Crippen LogP contribution < -0.4 is 15.8 Å². The van der Waals surface area contributed by atoms with Crippen LogP contribution in [0.5, 0.6) is 0 Å². The normalized spacial score (nSPS) is 11.6. The summed E-state index contributed by atoms with van der Waals surface area (Å²) in [6.07, 6.45) is 3.19. The fraction of sp³-hybridized carbons (Fsp3) is 0.125. The summed E-state index contributed by atoms with van der Waals surface area (Å²) in [6, 6.07) is 9.52. The Balaban J connectivity index is 1.80. The number of pyridine rings is 1. The van der Waals surface area contributed by atoms with Crippen LogP contribution >= 0.6 is 0 Å². The molecule has 3 rings (SSSR count). The molecule has 5 N–H and O–H groups in total. The van der Waals surface area contributed by atoms with Gasteiger partial charge in [0.15, 0.2) is 0 Å². The first-order valence-corrected chi connectivity index (χ1v) is 9.02. The molecule has 3 aromatic rings. The van der Waals surface area contributed by atoms with Crippen LogP contribution in [0.15, 0.2) is 53.7 Å².